The quantitative estimate of drug-likeness (QED) is 0.817. The molecule has 17 heavy (non-hydrogen) atoms. The highest BCUT2D eigenvalue weighted by atomic mass is 16.5. The standard InChI is InChI=1S/C14H22N2O/c1-10(2)11-6-7-16(9-11)14-5-4-12(17-3)8-13(14)15/h4-5,8,10-11H,6-7,9,15H2,1-3H3. The van der Waals surface area contributed by atoms with Crippen LogP contribution in [-0.4, -0.2) is 20.2 Å². The minimum Gasteiger partial charge on any atom is -0.497 e. The number of nitrogen functional groups attached to an aromatic ring is 1. The Balaban J connectivity index is 2.13. The number of hydrogen-bond acceptors (Lipinski definition) is 3. The van der Waals surface area contributed by atoms with Crippen LogP contribution in [0.5, 0.6) is 5.75 Å². The smallest absolute Gasteiger partial charge is 0.121 e. The van der Waals surface area contributed by atoms with Gasteiger partial charge in [0.1, 0.15) is 5.75 Å². The van der Waals surface area contributed by atoms with Gasteiger partial charge < -0.3 is 15.4 Å². The lowest BCUT2D eigenvalue weighted by Gasteiger charge is -2.22. The molecular formula is C14H22N2O. The average molecular weight is 234 g/mol. The van der Waals surface area contributed by atoms with Gasteiger partial charge in [-0.15, -0.1) is 0 Å². The summed E-state index contributed by atoms with van der Waals surface area (Å²) < 4.78 is 5.17. The van der Waals surface area contributed by atoms with Gasteiger partial charge in [-0.1, -0.05) is 13.8 Å². The van der Waals surface area contributed by atoms with Crippen molar-refractivity contribution in [3.05, 3.63) is 18.2 Å². The summed E-state index contributed by atoms with van der Waals surface area (Å²) >= 11 is 0. The number of ether oxygens (including phenoxy) is 1. The number of benzene rings is 1. The van der Waals surface area contributed by atoms with Gasteiger partial charge in [0.05, 0.1) is 18.5 Å². The van der Waals surface area contributed by atoms with Crippen molar-refractivity contribution in [3.8, 4) is 5.75 Å². The third kappa shape index (κ3) is 2.48. The second-order valence-electron chi connectivity index (χ2n) is 5.16. The van der Waals surface area contributed by atoms with Gasteiger partial charge in [0.25, 0.3) is 0 Å². The van der Waals surface area contributed by atoms with E-state index >= 15 is 0 Å². The van der Waals surface area contributed by atoms with Gasteiger partial charge >= 0.3 is 0 Å². The van der Waals surface area contributed by atoms with Gasteiger partial charge in [0, 0.05) is 19.2 Å². The average Bonchev–Trinajstić information content (AvgIpc) is 2.78. The highest BCUT2D eigenvalue weighted by Crippen LogP contribution is 2.33. The first-order valence-corrected chi connectivity index (χ1v) is 6.30. The van der Waals surface area contributed by atoms with Crippen molar-refractivity contribution in [2.45, 2.75) is 20.3 Å². The van der Waals surface area contributed by atoms with E-state index in [1.807, 2.05) is 12.1 Å². The lowest BCUT2D eigenvalue weighted by molar-refractivity contribution is 0.415. The molecular weight excluding hydrogens is 212 g/mol. The summed E-state index contributed by atoms with van der Waals surface area (Å²) in [5.41, 5.74) is 8.04. The molecule has 0 spiro atoms. The molecule has 3 heteroatoms. The fourth-order valence-corrected chi connectivity index (χ4v) is 2.50. The highest BCUT2D eigenvalue weighted by Gasteiger charge is 2.25. The van der Waals surface area contributed by atoms with Crippen LogP contribution in [0.1, 0.15) is 20.3 Å². The SMILES string of the molecule is COc1ccc(N2CCC(C(C)C)C2)c(N)c1. The van der Waals surface area contributed by atoms with Crippen molar-refractivity contribution < 1.29 is 4.74 Å². The molecule has 1 atom stereocenters. The van der Waals surface area contributed by atoms with Crippen LogP contribution < -0.4 is 15.4 Å². The Morgan fingerprint density at radius 3 is 2.71 bits per heavy atom. The van der Waals surface area contributed by atoms with Gasteiger partial charge in [0.15, 0.2) is 0 Å². The topological polar surface area (TPSA) is 38.5 Å². The molecule has 1 saturated heterocycles. The zero-order valence-corrected chi connectivity index (χ0v) is 10.9. The first-order chi connectivity index (χ1) is 8.11. The zero-order chi connectivity index (χ0) is 12.4. The minimum atomic E-state index is 0.750. The highest BCUT2D eigenvalue weighted by molar-refractivity contribution is 5.69. The Morgan fingerprint density at radius 2 is 2.18 bits per heavy atom. The molecule has 0 aromatic heterocycles. The Labute approximate surface area is 104 Å². The van der Waals surface area contributed by atoms with E-state index < -0.39 is 0 Å². The number of nitrogens with zero attached hydrogens (tertiary/aromatic N) is 1. The fraction of sp³-hybridized carbons (Fsp3) is 0.571. The number of hydrogen-bond donors (Lipinski definition) is 1. The van der Waals surface area contributed by atoms with Gasteiger partial charge in [-0.3, -0.25) is 0 Å². The van der Waals surface area contributed by atoms with E-state index in [9.17, 15) is 0 Å². The number of anilines is 2. The molecule has 0 amide bonds. The molecule has 3 nitrogen and oxygen atoms in total. The van der Waals surface area contributed by atoms with E-state index in [0.717, 1.165) is 42.0 Å². The van der Waals surface area contributed by atoms with Gasteiger partial charge in [0.2, 0.25) is 0 Å². The van der Waals surface area contributed by atoms with Crippen molar-refractivity contribution >= 4 is 11.4 Å². The molecule has 1 fully saturated rings. The summed E-state index contributed by atoms with van der Waals surface area (Å²) in [7, 11) is 1.67. The Kier molecular flexibility index (Phi) is 3.46. The van der Waals surface area contributed by atoms with Crippen molar-refractivity contribution in [1.29, 1.82) is 0 Å². The van der Waals surface area contributed by atoms with Gasteiger partial charge in [-0.25, -0.2) is 0 Å². The van der Waals surface area contributed by atoms with Crippen LogP contribution in [0.3, 0.4) is 0 Å². The second-order valence-corrected chi connectivity index (χ2v) is 5.16. The van der Waals surface area contributed by atoms with E-state index in [0.29, 0.717) is 0 Å². The monoisotopic (exact) mass is 234 g/mol. The lowest BCUT2D eigenvalue weighted by atomic mass is 9.95. The molecule has 1 heterocycles. The van der Waals surface area contributed by atoms with Crippen LogP contribution in [-0.2, 0) is 0 Å². The summed E-state index contributed by atoms with van der Waals surface area (Å²) in [6, 6.07) is 5.95. The largest absolute Gasteiger partial charge is 0.497 e. The van der Waals surface area contributed by atoms with E-state index in [1.54, 1.807) is 7.11 Å². The molecule has 0 radical (unpaired) electrons. The molecule has 1 aliphatic rings. The first-order valence-electron chi connectivity index (χ1n) is 6.30. The summed E-state index contributed by atoms with van der Waals surface area (Å²) in [6.45, 7) is 6.82. The van der Waals surface area contributed by atoms with Crippen LogP contribution in [0.4, 0.5) is 11.4 Å². The molecule has 0 aliphatic carbocycles. The number of nitrogens with two attached hydrogens (primary N) is 1. The Morgan fingerprint density at radius 1 is 1.41 bits per heavy atom. The van der Waals surface area contributed by atoms with E-state index in [1.165, 1.54) is 6.42 Å². The minimum absolute atomic E-state index is 0.750. The molecule has 2 rings (SSSR count). The summed E-state index contributed by atoms with van der Waals surface area (Å²) in [4.78, 5) is 2.39. The summed E-state index contributed by atoms with van der Waals surface area (Å²) in [6.07, 6.45) is 1.27. The molecule has 94 valence electrons. The summed E-state index contributed by atoms with van der Waals surface area (Å²) in [5.74, 6) is 2.36. The third-order valence-corrected chi connectivity index (χ3v) is 3.74. The van der Waals surface area contributed by atoms with Crippen molar-refractivity contribution in [1.82, 2.24) is 0 Å². The summed E-state index contributed by atoms with van der Waals surface area (Å²) in [5, 5.41) is 0. The zero-order valence-electron chi connectivity index (χ0n) is 10.9. The van der Waals surface area contributed by atoms with Crippen LogP contribution in [0.25, 0.3) is 0 Å². The Bertz CT molecular complexity index is 390. The number of rotatable bonds is 3. The molecule has 0 saturated carbocycles. The molecule has 1 unspecified atom stereocenters. The Hall–Kier alpha value is -1.38. The van der Waals surface area contributed by atoms with Gasteiger partial charge in [-0.2, -0.15) is 0 Å². The van der Waals surface area contributed by atoms with Crippen LogP contribution in [0.2, 0.25) is 0 Å². The van der Waals surface area contributed by atoms with E-state index in [-0.39, 0.29) is 0 Å². The number of methoxy groups -OCH3 is 1. The molecule has 1 aliphatic heterocycles. The molecule has 1 aromatic carbocycles. The second kappa shape index (κ2) is 4.86. The van der Waals surface area contributed by atoms with Crippen molar-refractivity contribution in [2.75, 3.05) is 30.8 Å². The van der Waals surface area contributed by atoms with Crippen LogP contribution in [0, 0.1) is 11.8 Å². The third-order valence-electron chi connectivity index (χ3n) is 3.74. The van der Waals surface area contributed by atoms with E-state index in [4.69, 9.17) is 10.5 Å². The van der Waals surface area contributed by atoms with E-state index in [2.05, 4.69) is 24.8 Å². The molecule has 2 N–H and O–H groups in total. The maximum absolute atomic E-state index is 6.08. The fourth-order valence-electron chi connectivity index (χ4n) is 2.50. The lowest BCUT2D eigenvalue weighted by Crippen LogP contribution is -2.22. The molecule has 0 bridgehead atoms. The molecule has 1 aromatic rings. The van der Waals surface area contributed by atoms with Gasteiger partial charge in [-0.05, 0) is 30.4 Å². The maximum Gasteiger partial charge on any atom is 0.121 e. The van der Waals surface area contributed by atoms with Crippen LogP contribution >= 0.6 is 0 Å². The predicted octanol–water partition coefficient (Wildman–Crippen LogP) is 2.76. The van der Waals surface area contributed by atoms with Crippen molar-refractivity contribution in [2.24, 2.45) is 11.8 Å². The van der Waals surface area contributed by atoms with Crippen LogP contribution in [0.15, 0.2) is 18.2 Å². The normalized spacial score (nSPS) is 20.0. The predicted molar refractivity (Wildman–Crippen MR) is 72.6 cm³/mol. The first kappa shape index (κ1) is 12.1. The van der Waals surface area contributed by atoms with Crippen molar-refractivity contribution in [3.63, 3.8) is 0 Å². The maximum atomic E-state index is 6.08.